The number of hydrogen-bond acceptors (Lipinski definition) is 3. The molecule has 1 unspecified atom stereocenters. The SMILES string of the molecule is CN(C(=O)c1ccc2c(c1)CCC2)C1CCC(=O)NC1=O. The van der Waals surface area contributed by atoms with Gasteiger partial charge >= 0.3 is 0 Å². The lowest BCUT2D eigenvalue weighted by atomic mass is 10.0. The number of amides is 3. The van der Waals surface area contributed by atoms with Gasteiger partial charge in [-0.2, -0.15) is 0 Å². The van der Waals surface area contributed by atoms with Crippen LogP contribution in [0.3, 0.4) is 0 Å². The highest BCUT2D eigenvalue weighted by Gasteiger charge is 2.32. The molecular formula is C16H18N2O3. The van der Waals surface area contributed by atoms with Crippen LogP contribution >= 0.6 is 0 Å². The van der Waals surface area contributed by atoms with Gasteiger partial charge in [0.2, 0.25) is 11.8 Å². The number of hydrogen-bond donors (Lipinski definition) is 1. The molecule has 0 saturated carbocycles. The molecule has 1 aromatic rings. The number of benzene rings is 1. The van der Waals surface area contributed by atoms with Crippen molar-refractivity contribution < 1.29 is 14.4 Å². The van der Waals surface area contributed by atoms with Crippen molar-refractivity contribution in [1.29, 1.82) is 0 Å². The lowest BCUT2D eigenvalue weighted by Gasteiger charge is -2.29. The van der Waals surface area contributed by atoms with Gasteiger partial charge in [-0.05, 0) is 48.9 Å². The first-order valence-corrected chi connectivity index (χ1v) is 7.29. The van der Waals surface area contributed by atoms with E-state index in [1.807, 2.05) is 18.2 Å². The summed E-state index contributed by atoms with van der Waals surface area (Å²) >= 11 is 0. The molecule has 0 spiro atoms. The van der Waals surface area contributed by atoms with E-state index in [0.29, 0.717) is 12.0 Å². The van der Waals surface area contributed by atoms with Crippen LogP contribution in [0.1, 0.15) is 40.7 Å². The lowest BCUT2D eigenvalue weighted by Crippen LogP contribution is -2.52. The van der Waals surface area contributed by atoms with E-state index in [1.54, 1.807) is 7.05 Å². The van der Waals surface area contributed by atoms with E-state index in [1.165, 1.54) is 16.0 Å². The quantitative estimate of drug-likeness (QED) is 0.826. The molecule has 1 atom stereocenters. The Kier molecular flexibility index (Phi) is 3.49. The van der Waals surface area contributed by atoms with Crippen LogP contribution in [0.2, 0.25) is 0 Å². The predicted octanol–water partition coefficient (Wildman–Crippen LogP) is 1.05. The Morgan fingerprint density at radius 1 is 1.19 bits per heavy atom. The molecule has 110 valence electrons. The molecule has 21 heavy (non-hydrogen) atoms. The summed E-state index contributed by atoms with van der Waals surface area (Å²) in [6.45, 7) is 0. The molecule has 1 heterocycles. The van der Waals surface area contributed by atoms with Crippen molar-refractivity contribution in [3.63, 3.8) is 0 Å². The second kappa shape index (κ2) is 5.31. The van der Waals surface area contributed by atoms with Crippen LogP contribution in [0.4, 0.5) is 0 Å². The molecule has 3 amide bonds. The van der Waals surface area contributed by atoms with Gasteiger partial charge in [0.25, 0.3) is 5.91 Å². The van der Waals surface area contributed by atoms with E-state index >= 15 is 0 Å². The summed E-state index contributed by atoms with van der Waals surface area (Å²) in [5.74, 6) is -0.822. The average Bonchev–Trinajstić information content (AvgIpc) is 2.93. The highest BCUT2D eigenvalue weighted by Crippen LogP contribution is 2.24. The largest absolute Gasteiger partial charge is 0.330 e. The van der Waals surface area contributed by atoms with Crippen molar-refractivity contribution in [2.24, 2.45) is 0 Å². The van der Waals surface area contributed by atoms with E-state index in [9.17, 15) is 14.4 Å². The lowest BCUT2D eigenvalue weighted by molar-refractivity contribution is -0.136. The maximum atomic E-state index is 12.5. The number of carbonyl (C=O) groups is 3. The molecule has 1 aliphatic carbocycles. The number of piperidine rings is 1. The molecule has 1 fully saturated rings. The van der Waals surface area contributed by atoms with E-state index in [4.69, 9.17) is 0 Å². The summed E-state index contributed by atoms with van der Waals surface area (Å²) in [5.41, 5.74) is 3.16. The minimum Gasteiger partial charge on any atom is -0.330 e. The van der Waals surface area contributed by atoms with Crippen molar-refractivity contribution in [2.75, 3.05) is 7.05 Å². The topological polar surface area (TPSA) is 66.5 Å². The van der Waals surface area contributed by atoms with Crippen molar-refractivity contribution in [3.8, 4) is 0 Å². The predicted molar refractivity (Wildman–Crippen MR) is 76.7 cm³/mol. The Morgan fingerprint density at radius 2 is 1.95 bits per heavy atom. The summed E-state index contributed by atoms with van der Waals surface area (Å²) in [6.07, 6.45) is 3.89. The number of imide groups is 1. The van der Waals surface area contributed by atoms with Gasteiger partial charge in [-0.25, -0.2) is 0 Å². The number of likely N-dealkylation sites (N-methyl/N-ethyl adjacent to an activating group) is 1. The van der Waals surface area contributed by atoms with Crippen LogP contribution in [-0.4, -0.2) is 35.7 Å². The summed E-state index contributed by atoms with van der Waals surface area (Å²) in [4.78, 5) is 37.0. The highest BCUT2D eigenvalue weighted by molar-refractivity contribution is 6.03. The van der Waals surface area contributed by atoms with E-state index in [0.717, 1.165) is 19.3 Å². The molecule has 1 aromatic carbocycles. The molecule has 1 aliphatic heterocycles. The number of nitrogens with one attached hydrogen (secondary N) is 1. The molecule has 0 bridgehead atoms. The Labute approximate surface area is 123 Å². The smallest absolute Gasteiger partial charge is 0.254 e. The fourth-order valence-corrected chi connectivity index (χ4v) is 3.10. The first kappa shape index (κ1) is 13.8. The minimum atomic E-state index is -0.566. The standard InChI is InChI=1S/C16H18N2O3/c1-18(13-7-8-14(19)17-15(13)20)16(21)12-6-5-10-3-2-4-11(10)9-12/h5-6,9,13H,2-4,7-8H2,1H3,(H,17,19,20). The van der Waals surface area contributed by atoms with Gasteiger partial charge < -0.3 is 4.90 Å². The van der Waals surface area contributed by atoms with E-state index in [-0.39, 0.29) is 24.1 Å². The normalized spacial score (nSPS) is 20.9. The van der Waals surface area contributed by atoms with Gasteiger partial charge in [-0.1, -0.05) is 6.07 Å². The third kappa shape index (κ3) is 2.55. The third-order valence-electron chi connectivity index (χ3n) is 4.34. The zero-order valence-electron chi connectivity index (χ0n) is 12.0. The maximum absolute atomic E-state index is 12.5. The van der Waals surface area contributed by atoms with Crippen LogP contribution in [0.5, 0.6) is 0 Å². The maximum Gasteiger partial charge on any atom is 0.254 e. The van der Waals surface area contributed by atoms with Gasteiger partial charge in [0.05, 0.1) is 0 Å². The van der Waals surface area contributed by atoms with Crippen LogP contribution in [-0.2, 0) is 22.4 Å². The van der Waals surface area contributed by atoms with Crippen molar-refractivity contribution in [1.82, 2.24) is 10.2 Å². The van der Waals surface area contributed by atoms with Gasteiger partial charge in [0.15, 0.2) is 0 Å². The number of aryl methyl sites for hydroxylation is 2. The fraction of sp³-hybridized carbons (Fsp3) is 0.438. The number of nitrogens with zero attached hydrogens (tertiary/aromatic N) is 1. The van der Waals surface area contributed by atoms with Crippen LogP contribution in [0.25, 0.3) is 0 Å². The zero-order valence-corrected chi connectivity index (χ0v) is 12.0. The fourth-order valence-electron chi connectivity index (χ4n) is 3.10. The van der Waals surface area contributed by atoms with Crippen molar-refractivity contribution >= 4 is 17.7 Å². The van der Waals surface area contributed by atoms with Gasteiger partial charge in [-0.15, -0.1) is 0 Å². The third-order valence-corrected chi connectivity index (χ3v) is 4.34. The Bertz CT molecular complexity index is 624. The molecule has 3 rings (SSSR count). The van der Waals surface area contributed by atoms with E-state index < -0.39 is 6.04 Å². The molecule has 5 heteroatoms. The second-order valence-electron chi connectivity index (χ2n) is 5.72. The van der Waals surface area contributed by atoms with E-state index in [2.05, 4.69) is 5.32 Å². The minimum absolute atomic E-state index is 0.167. The molecule has 2 aliphatic rings. The molecule has 0 aromatic heterocycles. The van der Waals surface area contributed by atoms with Gasteiger partial charge in [0.1, 0.15) is 6.04 Å². The number of carbonyl (C=O) groups excluding carboxylic acids is 3. The molecular weight excluding hydrogens is 268 g/mol. The number of rotatable bonds is 2. The molecule has 0 radical (unpaired) electrons. The summed E-state index contributed by atoms with van der Waals surface area (Å²) in [5, 5.41) is 2.29. The highest BCUT2D eigenvalue weighted by atomic mass is 16.2. The molecule has 1 saturated heterocycles. The first-order valence-electron chi connectivity index (χ1n) is 7.29. The molecule has 5 nitrogen and oxygen atoms in total. The average molecular weight is 286 g/mol. The Hall–Kier alpha value is -2.17. The summed E-state index contributed by atoms with van der Waals surface area (Å²) in [7, 11) is 1.62. The number of fused-ring (bicyclic) bond motifs is 1. The Morgan fingerprint density at radius 3 is 2.71 bits per heavy atom. The summed E-state index contributed by atoms with van der Waals surface area (Å²) in [6, 6.07) is 5.21. The van der Waals surface area contributed by atoms with Crippen LogP contribution in [0.15, 0.2) is 18.2 Å². The van der Waals surface area contributed by atoms with Gasteiger partial charge in [0, 0.05) is 19.0 Å². The van der Waals surface area contributed by atoms with Crippen LogP contribution < -0.4 is 5.32 Å². The van der Waals surface area contributed by atoms with Crippen molar-refractivity contribution in [2.45, 2.75) is 38.1 Å². The first-order chi connectivity index (χ1) is 10.1. The molecule has 1 N–H and O–H groups in total. The van der Waals surface area contributed by atoms with Gasteiger partial charge in [-0.3, -0.25) is 19.7 Å². The second-order valence-corrected chi connectivity index (χ2v) is 5.72. The van der Waals surface area contributed by atoms with Crippen molar-refractivity contribution in [3.05, 3.63) is 34.9 Å². The Balaban J connectivity index is 1.78. The summed E-state index contributed by atoms with van der Waals surface area (Å²) < 4.78 is 0. The monoisotopic (exact) mass is 286 g/mol. The van der Waals surface area contributed by atoms with Crippen LogP contribution in [0, 0.1) is 0 Å². The zero-order chi connectivity index (χ0) is 15.0.